The zero-order valence-electron chi connectivity index (χ0n) is 17.7. The minimum atomic E-state index is -4.35. The van der Waals surface area contributed by atoms with Gasteiger partial charge in [0.25, 0.3) is 10.0 Å². The van der Waals surface area contributed by atoms with Gasteiger partial charge < -0.3 is 19.6 Å². The van der Waals surface area contributed by atoms with Crippen molar-refractivity contribution in [2.75, 3.05) is 19.2 Å². The number of nitrogens with zero attached hydrogens (tertiary/aromatic N) is 2. The number of guanidine groups is 1. The van der Waals surface area contributed by atoms with Crippen molar-refractivity contribution in [3.8, 4) is 11.5 Å². The maximum absolute atomic E-state index is 13.5. The number of sulfonamides is 1. The number of anilines is 1. The average Bonchev–Trinajstić information content (AvgIpc) is 3.09. The lowest BCUT2D eigenvalue weighted by Crippen LogP contribution is -2.59. The van der Waals surface area contributed by atoms with Gasteiger partial charge in [-0.25, -0.2) is 8.42 Å². The zero-order chi connectivity index (χ0) is 22.9. The predicted octanol–water partition coefficient (Wildman–Crippen LogP) is 2.49. The number of hydrogen-bond donors (Lipinski definition) is 2. The van der Waals surface area contributed by atoms with E-state index in [9.17, 15) is 13.2 Å². The number of hydrazine groups is 1. The summed E-state index contributed by atoms with van der Waals surface area (Å²) in [6.45, 7) is 5.92. The molecule has 1 amide bonds. The SMILES string of the molecule is COc1cccc(OC)c1N(C(=O)c1ccc(C)o1)N(C(=N)N)S(=O)(=O)C(C)(C)C. The summed E-state index contributed by atoms with van der Waals surface area (Å²) in [5.41, 5.74) is 5.63. The van der Waals surface area contributed by atoms with E-state index in [-0.39, 0.29) is 22.9 Å². The van der Waals surface area contributed by atoms with Gasteiger partial charge in [0.1, 0.15) is 17.3 Å². The number of carbonyl (C=O) groups excluding carboxylic acids is 1. The standard InChI is InChI=1S/C19H26N4O6S/c1-12-10-11-15(29-12)17(24)22(16-13(27-5)8-7-9-14(16)28-6)23(18(20)21)30(25,26)19(2,3)4/h7-11H,1-6H3,(H3,20,21). The van der Waals surface area contributed by atoms with Gasteiger partial charge in [-0.3, -0.25) is 10.2 Å². The second kappa shape index (κ2) is 8.27. The molecule has 2 rings (SSSR count). The van der Waals surface area contributed by atoms with Crippen molar-refractivity contribution >= 4 is 27.6 Å². The molecule has 164 valence electrons. The van der Waals surface area contributed by atoms with E-state index >= 15 is 0 Å². The highest BCUT2D eigenvalue weighted by molar-refractivity contribution is 7.91. The molecule has 0 aliphatic heterocycles. The molecular weight excluding hydrogens is 412 g/mol. The number of carbonyl (C=O) groups is 1. The maximum atomic E-state index is 13.5. The third kappa shape index (κ3) is 4.06. The molecule has 0 unspecified atom stereocenters. The van der Waals surface area contributed by atoms with Crippen molar-refractivity contribution in [2.24, 2.45) is 5.73 Å². The summed E-state index contributed by atoms with van der Waals surface area (Å²) in [7, 11) is -1.63. The summed E-state index contributed by atoms with van der Waals surface area (Å²) in [6, 6.07) is 7.61. The van der Waals surface area contributed by atoms with E-state index in [1.54, 1.807) is 19.1 Å². The molecule has 0 fully saturated rings. The molecule has 0 spiro atoms. The first-order valence-electron chi connectivity index (χ1n) is 8.87. The van der Waals surface area contributed by atoms with Crippen LogP contribution >= 0.6 is 0 Å². The summed E-state index contributed by atoms with van der Waals surface area (Å²) in [5.74, 6) is -1.24. The molecule has 3 N–H and O–H groups in total. The molecule has 2 aromatic rings. The molecule has 1 heterocycles. The van der Waals surface area contributed by atoms with E-state index in [1.165, 1.54) is 53.2 Å². The Bertz CT molecular complexity index is 1030. The normalized spacial score (nSPS) is 11.7. The number of hydrogen-bond acceptors (Lipinski definition) is 7. The van der Waals surface area contributed by atoms with Gasteiger partial charge in [-0.2, -0.15) is 5.01 Å². The first-order chi connectivity index (χ1) is 13.9. The highest BCUT2D eigenvalue weighted by Crippen LogP contribution is 2.41. The second-order valence-corrected chi connectivity index (χ2v) is 9.80. The van der Waals surface area contributed by atoms with Crippen LogP contribution in [0.25, 0.3) is 0 Å². The average molecular weight is 439 g/mol. The van der Waals surface area contributed by atoms with Crippen molar-refractivity contribution in [2.45, 2.75) is 32.4 Å². The Morgan fingerprint density at radius 3 is 2.00 bits per heavy atom. The van der Waals surface area contributed by atoms with Crippen molar-refractivity contribution < 1.29 is 27.1 Å². The zero-order valence-corrected chi connectivity index (χ0v) is 18.5. The number of nitrogens with one attached hydrogen (secondary N) is 1. The summed E-state index contributed by atoms with van der Waals surface area (Å²) >= 11 is 0. The summed E-state index contributed by atoms with van der Waals surface area (Å²) < 4.78 is 41.8. The number of rotatable bonds is 5. The summed E-state index contributed by atoms with van der Waals surface area (Å²) in [4.78, 5) is 13.5. The van der Waals surface area contributed by atoms with Crippen LogP contribution in [0, 0.1) is 12.3 Å². The van der Waals surface area contributed by atoms with Crippen LogP contribution in [-0.2, 0) is 10.0 Å². The lowest BCUT2D eigenvalue weighted by Gasteiger charge is -2.38. The minimum Gasteiger partial charge on any atom is -0.494 e. The van der Waals surface area contributed by atoms with Crippen LogP contribution in [0.3, 0.4) is 0 Å². The van der Waals surface area contributed by atoms with Gasteiger partial charge >= 0.3 is 5.91 Å². The van der Waals surface area contributed by atoms with Gasteiger partial charge in [-0.15, -0.1) is 4.41 Å². The Labute approximate surface area is 175 Å². The smallest absolute Gasteiger partial charge is 0.314 e. The number of aryl methyl sites for hydroxylation is 1. The van der Waals surface area contributed by atoms with E-state index in [2.05, 4.69) is 0 Å². The fraction of sp³-hybridized carbons (Fsp3) is 0.368. The number of furan rings is 1. The van der Waals surface area contributed by atoms with Crippen molar-refractivity contribution in [1.82, 2.24) is 4.41 Å². The van der Waals surface area contributed by atoms with E-state index in [0.29, 0.717) is 10.2 Å². The van der Waals surface area contributed by atoms with Crippen LogP contribution in [0.2, 0.25) is 0 Å². The molecule has 0 atom stereocenters. The van der Waals surface area contributed by atoms with Gasteiger partial charge in [0.2, 0.25) is 5.96 Å². The largest absolute Gasteiger partial charge is 0.494 e. The van der Waals surface area contributed by atoms with Gasteiger partial charge in [-0.05, 0) is 52.0 Å². The lowest BCUT2D eigenvalue weighted by atomic mass is 10.2. The lowest BCUT2D eigenvalue weighted by molar-refractivity contribution is 0.0928. The predicted molar refractivity (Wildman–Crippen MR) is 112 cm³/mol. The summed E-state index contributed by atoms with van der Waals surface area (Å²) in [5, 5.41) is 8.72. The Morgan fingerprint density at radius 1 is 1.10 bits per heavy atom. The maximum Gasteiger partial charge on any atom is 0.314 e. The van der Waals surface area contributed by atoms with E-state index in [1.807, 2.05) is 0 Å². The Hall–Kier alpha value is -3.21. The van der Waals surface area contributed by atoms with Gasteiger partial charge in [0.15, 0.2) is 11.4 Å². The molecular formula is C19H26N4O6S. The molecule has 0 bridgehead atoms. The highest BCUT2D eigenvalue weighted by Gasteiger charge is 2.45. The minimum absolute atomic E-state index is 0.0513. The van der Waals surface area contributed by atoms with Gasteiger partial charge in [0, 0.05) is 0 Å². The molecule has 0 aliphatic carbocycles. The molecule has 10 nitrogen and oxygen atoms in total. The third-order valence-electron chi connectivity index (χ3n) is 4.15. The molecule has 30 heavy (non-hydrogen) atoms. The van der Waals surface area contributed by atoms with Crippen LogP contribution in [0.1, 0.15) is 37.1 Å². The number of para-hydroxylation sites is 1. The van der Waals surface area contributed by atoms with E-state index in [0.717, 1.165) is 5.01 Å². The number of methoxy groups -OCH3 is 2. The molecule has 0 saturated carbocycles. The number of amides is 1. The number of ether oxygens (including phenoxy) is 2. The molecule has 1 aromatic carbocycles. The fourth-order valence-electron chi connectivity index (χ4n) is 2.57. The monoisotopic (exact) mass is 438 g/mol. The Morgan fingerprint density at radius 2 is 1.63 bits per heavy atom. The van der Waals surface area contributed by atoms with Crippen LogP contribution in [0.4, 0.5) is 5.69 Å². The highest BCUT2D eigenvalue weighted by atomic mass is 32.2. The first kappa shape index (κ1) is 23.1. The van der Waals surface area contributed by atoms with Gasteiger partial charge in [0.05, 0.1) is 19.0 Å². The van der Waals surface area contributed by atoms with E-state index < -0.39 is 26.6 Å². The molecule has 11 heteroatoms. The van der Waals surface area contributed by atoms with Crippen LogP contribution in [-0.4, -0.2) is 43.7 Å². The van der Waals surface area contributed by atoms with Gasteiger partial charge in [-0.1, -0.05) is 6.07 Å². The van der Waals surface area contributed by atoms with Crippen molar-refractivity contribution in [3.63, 3.8) is 0 Å². The third-order valence-corrected chi connectivity index (χ3v) is 6.51. The quantitative estimate of drug-likeness (QED) is 0.415. The Kier molecular flexibility index (Phi) is 6.36. The topological polar surface area (TPSA) is 139 Å². The van der Waals surface area contributed by atoms with Crippen LogP contribution in [0.5, 0.6) is 11.5 Å². The second-order valence-electron chi connectivity index (χ2n) is 7.28. The van der Waals surface area contributed by atoms with Crippen molar-refractivity contribution in [3.05, 3.63) is 41.9 Å². The molecule has 0 radical (unpaired) electrons. The number of benzene rings is 1. The van der Waals surface area contributed by atoms with Crippen molar-refractivity contribution in [1.29, 1.82) is 5.41 Å². The van der Waals surface area contributed by atoms with Crippen LogP contribution < -0.4 is 20.2 Å². The Balaban J connectivity index is 2.91. The fourth-order valence-corrected chi connectivity index (χ4v) is 3.72. The first-order valence-corrected chi connectivity index (χ1v) is 10.3. The van der Waals surface area contributed by atoms with Crippen LogP contribution in [0.15, 0.2) is 34.7 Å². The molecule has 0 saturated heterocycles. The molecule has 1 aromatic heterocycles. The molecule has 0 aliphatic rings. The number of nitrogens with two attached hydrogens (primary N) is 1. The van der Waals surface area contributed by atoms with E-state index in [4.69, 9.17) is 25.0 Å². The summed E-state index contributed by atoms with van der Waals surface area (Å²) in [6.07, 6.45) is 0.